The number of methoxy groups -OCH3 is 1. The van der Waals surface area contributed by atoms with Crippen LogP contribution in [-0.4, -0.2) is 41.6 Å². The maximum Gasteiger partial charge on any atom is 0.410 e. The molecule has 26 heavy (non-hydrogen) atoms. The maximum atomic E-state index is 12.5. The van der Waals surface area contributed by atoms with E-state index in [4.69, 9.17) is 27.9 Å². The van der Waals surface area contributed by atoms with Crippen LogP contribution in [0.25, 0.3) is 0 Å². The largest absolute Gasteiger partial charge is 0.453 e. The Morgan fingerprint density at radius 2 is 2.23 bits per heavy atom. The van der Waals surface area contributed by atoms with Gasteiger partial charge in [0, 0.05) is 34.1 Å². The average molecular weight is 414 g/mol. The van der Waals surface area contributed by atoms with Crippen LogP contribution < -0.4 is 5.32 Å². The molecule has 0 aliphatic carbocycles. The van der Waals surface area contributed by atoms with Gasteiger partial charge in [-0.1, -0.05) is 23.2 Å². The number of nitrogens with zero attached hydrogens (tertiary/aromatic N) is 2. The number of carbonyl (C=O) groups excluding carboxylic acids is 2. The highest BCUT2D eigenvalue weighted by Crippen LogP contribution is 2.27. The third-order valence-electron chi connectivity index (χ3n) is 4.12. The Morgan fingerprint density at radius 3 is 3.00 bits per heavy atom. The van der Waals surface area contributed by atoms with Crippen LogP contribution in [0.2, 0.25) is 10.0 Å². The lowest BCUT2D eigenvalue weighted by atomic mass is 10.1. The van der Waals surface area contributed by atoms with E-state index in [1.807, 2.05) is 6.07 Å². The number of nitrogens with one attached hydrogen (secondary N) is 1. The first kappa shape index (κ1) is 18.9. The molecule has 1 N–H and O–H groups in total. The summed E-state index contributed by atoms with van der Waals surface area (Å²) in [6, 6.07) is 4.77. The predicted octanol–water partition coefficient (Wildman–Crippen LogP) is 4.21. The van der Waals surface area contributed by atoms with E-state index in [9.17, 15) is 9.59 Å². The van der Waals surface area contributed by atoms with Crippen molar-refractivity contribution in [3.8, 4) is 0 Å². The number of ether oxygens (including phenoxy) is 1. The van der Waals surface area contributed by atoms with E-state index in [0.29, 0.717) is 34.6 Å². The zero-order valence-electron chi connectivity index (χ0n) is 14.0. The number of likely N-dealkylation sites (tertiary alicyclic amines) is 1. The van der Waals surface area contributed by atoms with Crippen LogP contribution in [0.4, 0.5) is 9.93 Å². The molecule has 3 rings (SSSR count). The van der Waals surface area contributed by atoms with E-state index in [2.05, 4.69) is 10.3 Å². The molecule has 1 unspecified atom stereocenters. The molecule has 1 aromatic carbocycles. The molecule has 138 valence electrons. The Hall–Kier alpha value is -1.83. The van der Waals surface area contributed by atoms with Crippen molar-refractivity contribution in [2.45, 2.75) is 25.3 Å². The van der Waals surface area contributed by atoms with Crippen molar-refractivity contribution in [3.63, 3.8) is 0 Å². The minimum absolute atomic E-state index is 0.255. The summed E-state index contributed by atoms with van der Waals surface area (Å²) in [6.07, 6.45) is 3.16. The molecule has 9 heteroatoms. The minimum Gasteiger partial charge on any atom is -0.453 e. The van der Waals surface area contributed by atoms with Gasteiger partial charge in [-0.3, -0.25) is 9.69 Å². The Bertz CT molecular complexity index is 827. The number of thiazole rings is 1. The number of hydrogen-bond acceptors (Lipinski definition) is 5. The lowest BCUT2D eigenvalue weighted by Crippen LogP contribution is -2.43. The maximum absolute atomic E-state index is 12.5. The lowest BCUT2D eigenvalue weighted by molar-refractivity contribution is -0.119. The molecule has 6 nitrogen and oxygen atoms in total. The van der Waals surface area contributed by atoms with Gasteiger partial charge in [-0.25, -0.2) is 9.78 Å². The average Bonchev–Trinajstić information content (AvgIpc) is 3.27. The van der Waals surface area contributed by atoms with Crippen molar-refractivity contribution in [2.75, 3.05) is 19.0 Å². The van der Waals surface area contributed by atoms with Crippen LogP contribution in [0.15, 0.2) is 24.4 Å². The molecule has 1 atom stereocenters. The van der Waals surface area contributed by atoms with Crippen molar-refractivity contribution in [2.24, 2.45) is 0 Å². The third-order valence-corrected chi connectivity index (χ3v) is 5.64. The molecule has 1 aliphatic heterocycles. The van der Waals surface area contributed by atoms with Crippen molar-refractivity contribution >= 4 is 51.7 Å². The summed E-state index contributed by atoms with van der Waals surface area (Å²) in [5.74, 6) is -0.255. The first-order valence-electron chi connectivity index (χ1n) is 8.02. The second-order valence-corrected chi connectivity index (χ2v) is 7.81. The van der Waals surface area contributed by atoms with Gasteiger partial charge in [0.25, 0.3) is 0 Å². The lowest BCUT2D eigenvalue weighted by Gasteiger charge is -2.21. The van der Waals surface area contributed by atoms with Crippen LogP contribution in [0.5, 0.6) is 0 Å². The fourth-order valence-electron chi connectivity index (χ4n) is 2.88. The van der Waals surface area contributed by atoms with Gasteiger partial charge in [0.15, 0.2) is 5.13 Å². The van der Waals surface area contributed by atoms with Crippen molar-refractivity contribution in [1.82, 2.24) is 9.88 Å². The third kappa shape index (κ3) is 4.28. The summed E-state index contributed by atoms with van der Waals surface area (Å²) < 4.78 is 4.73. The van der Waals surface area contributed by atoms with Crippen molar-refractivity contribution in [1.29, 1.82) is 0 Å². The first-order valence-corrected chi connectivity index (χ1v) is 9.59. The van der Waals surface area contributed by atoms with Gasteiger partial charge in [-0.15, -0.1) is 11.3 Å². The molecule has 0 spiro atoms. The van der Waals surface area contributed by atoms with Gasteiger partial charge in [-0.05, 0) is 36.6 Å². The predicted molar refractivity (Wildman–Crippen MR) is 102 cm³/mol. The van der Waals surface area contributed by atoms with E-state index in [-0.39, 0.29) is 5.91 Å². The Morgan fingerprint density at radius 1 is 1.42 bits per heavy atom. The summed E-state index contributed by atoms with van der Waals surface area (Å²) in [5, 5.41) is 4.52. The number of hydrogen-bond donors (Lipinski definition) is 1. The Kier molecular flexibility index (Phi) is 6.01. The standard InChI is InChI=1S/C17H17Cl2N3O3S/c1-25-17(24)22-6-2-3-14(22)15(23)21-16-20-9-12(26-16)8-10-7-11(18)4-5-13(10)19/h4-5,7,9,14H,2-3,6,8H2,1H3,(H,20,21,23). The monoisotopic (exact) mass is 413 g/mol. The quantitative estimate of drug-likeness (QED) is 0.814. The van der Waals surface area contributed by atoms with E-state index >= 15 is 0 Å². The zero-order chi connectivity index (χ0) is 18.7. The summed E-state index contributed by atoms with van der Waals surface area (Å²) >= 11 is 13.6. The van der Waals surface area contributed by atoms with Crippen LogP contribution in [0, 0.1) is 0 Å². The van der Waals surface area contributed by atoms with E-state index < -0.39 is 12.1 Å². The van der Waals surface area contributed by atoms with Crippen molar-refractivity contribution in [3.05, 3.63) is 44.9 Å². The molecule has 2 heterocycles. The molecular weight excluding hydrogens is 397 g/mol. The molecule has 0 radical (unpaired) electrons. The second-order valence-electron chi connectivity index (χ2n) is 5.85. The molecule has 0 bridgehead atoms. The molecular formula is C17H17Cl2N3O3S. The zero-order valence-corrected chi connectivity index (χ0v) is 16.3. The number of benzene rings is 1. The number of anilines is 1. The summed E-state index contributed by atoms with van der Waals surface area (Å²) in [6.45, 7) is 0.515. The molecule has 1 aromatic heterocycles. The number of aromatic nitrogens is 1. The summed E-state index contributed by atoms with van der Waals surface area (Å²) in [7, 11) is 1.31. The van der Waals surface area contributed by atoms with Crippen LogP contribution in [-0.2, 0) is 16.0 Å². The van der Waals surface area contributed by atoms with E-state index in [0.717, 1.165) is 16.9 Å². The van der Waals surface area contributed by atoms with Crippen molar-refractivity contribution < 1.29 is 14.3 Å². The Balaban J connectivity index is 1.65. The summed E-state index contributed by atoms with van der Waals surface area (Å²) in [4.78, 5) is 30.8. The summed E-state index contributed by atoms with van der Waals surface area (Å²) in [5.41, 5.74) is 0.897. The molecule has 2 amide bonds. The highest BCUT2D eigenvalue weighted by atomic mass is 35.5. The number of amides is 2. The van der Waals surface area contributed by atoms with E-state index in [1.54, 1.807) is 18.3 Å². The molecule has 2 aromatic rings. The first-order chi connectivity index (χ1) is 12.5. The van der Waals surface area contributed by atoms with Crippen LogP contribution >= 0.6 is 34.5 Å². The van der Waals surface area contributed by atoms with Gasteiger partial charge in [0.2, 0.25) is 5.91 Å². The van der Waals surface area contributed by atoms with Crippen LogP contribution in [0.3, 0.4) is 0 Å². The highest BCUT2D eigenvalue weighted by Gasteiger charge is 2.35. The van der Waals surface area contributed by atoms with Crippen LogP contribution in [0.1, 0.15) is 23.3 Å². The minimum atomic E-state index is -0.530. The van der Waals surface area contributed by atoms with Gasteiger partial charge >= 0.3 is 6.09 Å². The van der Waals surface area contributed by atoms with Gasteiger partial charge in [0.05, 0.1) is 7.11 Å². The molecule has 0 saturated carbocycles. The molecule has 1 saturated heterocycles. The highest BCUT2D eigenvalue weighted by molar-refractivity contribution is 7.15. The number of halogens is 2. The fourth-order valence-corrected chi connectivity index (χ4v) is 4.09. The second kappa shape index (κ2) is 8.24. The number of rotatable bonds is 4. The smallest absolute Gasteiger partial charge is 0.410 e. The normalized spacial score (nSPS) is 16.6. The molecule has 1 fully saturated rings. The van der Waals surface area contributed by atoms with Gasteiger partial charge < -0.3 is 10.1 Å². The fraction of sp³-hybridized carbons (Fsp3) is 0.353. The topological polar surface area (TPSA) is 71.5 Å². The molecule has 1 aliphatic rings. The van der Waals surface area contributed by atoms with E-state index in [1.165, 1.54) is 23.3 Å². The van der Waals surface area contributed by atoms with Gasteiger partial charge in [-0.2, -0.15) is 0 Å². The van der Waals surface area contributed by atoms with Gasteiger partial charge in [0.1, 0.15) is 6.04 Å². The SMILES string of the molecule is COC(=O)N1CCCC1C(=O)Nc1ncc(Cc2cc(Cl)ccc2Cl)s1. The number of carbonyl (C=O) groups is 2. The Labute approximate surface area is 165 Å².